The molecule has 2 aromatic rings. The average Bonchev–Trinajstić information content (AvgIpc) is 2.38. The lowest BCUT2D eigenvalue weighted by Gasteiger charge is -2.11. The molecule has 0 saturated carbocycles. The largest absolute Gasteiger partial charge is 0.364 e. The van der Waals surface area contributed by atoms with E-state index in [9.17, 15) is 4.79 Å². The number of carbonyl (C=O) groups excluding carboxylic acids is 1. The number of nitrogens with two attached hydrogens (primary N) is 1. The van der Waals surface area contributed by atoms with Crippen molar-refractivity contribution in [1.29, 1.82) is 0 Å². The molecule has 0 aromatic carbocycles. The normalized spacial score (nSPS) is 10.6. The van der Waals surface area contributed by atoms with Crippen LogP contribution in [0.5, 0.6) is 0 Å². The highest BCUT2D eigenvalue weighted by molar-refractivity contribution is 5.96. The maximum atomic E-state index is 11.4. The topological polar surface area (TPSA) is 93.8 Å². The fraction of sp³-hybridized carbons (Fsp3) is 0.286. The van der Waals surface area contributed by atoms with Crippen LogP contribution in [-0.2, 0) is 0 Å². The molecule has 0 atom stereocenters. The number of amides is 1. The van der Waals surface area contributed by atoms with Gasteiger partial charge in [-0.3, -0.25) is 4.79 Å². The van der Waals surface area contributed by atoms with Crippen molar-refractivity contribution in [3.05, 3.63) is 41.3 Å². The second kappa shape index (κ2) is 5.64. The third-order valence-electron chi connectivity index (χ3n) is 2.77. The van der Waals surface area contributed by atoms with Crippen molar-refractivity contribution in [3.8, 4) is 0 Å². The van der Waals surface area contributed by atoms with Gasteiger partial charge in [0.25, 0.3) is 5.91 Å². The molecule has 2 aromatic heterocycles. The number of hydrogen-bond acceptors (Lipinski definition) is 5. The highest BCUT2D eigenvalue weighted by Gasteiger charge is 2.12. The SMILES string of the molecule is Cc1cc(Nc2cccc(C(C)C)n2)c(C(N)=O)nn1. The number of rotatable bonds is 4. The number of pyridine rings is 1. The predicted octanol–water partition coefficient (Wildman–Crippen LogP) is 2.15. The molecule has 0 aliphatic carbocycles. The number of nitrogens with one attached hydrogen (secondary N) is 1. The van der Waals surface area contributed by atoms with Crippen LogP contribution in [0.1, 0.15) is 41.6 Å². The van der Waals surface area contributed by atoms with Gasteiger partial charge in [-0.05, 0) is 31.0 Å². The third-order valence-corrected chi connectivity index (χ3v) is 2.77. The lowest BCUT2D eigenvalue weighted by molar-refractivity contribution is 0.0995. The Hall–Kier alpha value is -2.50. The summed E-state index contributed by atoms with van der Waals surface area (Å²) in [5.74, 6) is 0.343. The molecular weight excluding hydrogens is 254 g/mol. The Balaban J connectivity index is 2.36. The Morgan fingerprint density at radius 1 is 1.30 bits per heavy atom. The fourth-order valence-electron chi connectivity index (χ4n) is 1.75. The maximum absolute atomic E-state index is 11.4. The van der Waals surface area contributed by atoms with Crippen LogP contribution in [0, 0.1) is 6.92 Å². The average molecular weight is 271 g/mol. The van der Waals surface area contributed by atoms with Gasteiger partial charge >= 0.3 is 0 Å². The maximum Gasteiger partial charge on any atom is 0.271 e. The quantitative estimate of drug-likeness (QED) is 0.888. The van der Waals surface area contributed by atoms with Gasteiger partial charge in [-0.15, -0.1) is 5.10 Å². The van der Waals surface area contributed by atoms with Crippen LogP contribution in [0.2, 0.25) is 0 Å². The third kappa shape index (κ3) is 3.09. The number of carbonyl (C=O) groups is 1. The van der Waals surface area contributed by atoms with Gasteiger partial charge in [0.05, 0.1) is 11.4 Å². The lowest BCUT2D eigenvalue weighted by Crippen LogP contribution is -2.17. The van der Waals surface area contributed by atoms with Crippen molar-refractivity contribution in [3.63, 3.8) is 0 Å². The summed E-state index contributed by atoms with van der Waals surface area (Å²) in [6.07, 6.45) is 0. The van der Waals surface area contributed by atoms with Gasteiger partial charge in [0.15, 0.2) is 5.69 Å². The van der Waals surface area contributed by atoms with Crippen molar-refractivity contribution >= 4 is 17.4 Å². The van der Waals surface area contributed by atoms with Crippen LogP contribution < -0.4 is 11.1 Å². The van der Waals surface area contributed by atoms with Crippen LogP contribution >= 0.6 is 0 Å². The fourth-order valence-corrected chi connectivity index (χ4v) is 1.75. The van der Waals surface area contributed by atoms with Crippen molar-refractivity contribution < 1.29 is 4.79 Å². The summed E-state index contributed by atoms with van der Waals surface area (Å²) in [6, 6.07) is 7.42. The lowest BCUT2D eigenvalue weighted by atomic mass is 10.1. The standard InChI is InChI=1S/C14H17N5O/c1-8(2)10-5-4-6-12(16-10)17-11-7-9(3)18-19-13(11)14(15)20/h4-8H,1-3H3,(H2,15,20)(H,16,17,18). The van der Waals surface area contributed by atoms with Gasteiger partial charge in [0.1, 0.15) is 5.82 Å². The van der Waals surface area contributed by atoms with E-state index in [0.29, 0.717) is 23.1 Å². The molecule has 6 heteroatoms. The second-order valence-corrected chi connectivity index (χ2v) is 4.84. The highest BCUT2D eigenvalue weighted by Crippen LogP contribution is 2.20. The van der Waals surface area contributed by atoms with Crippen LogP contribution in [0.3, 0.4) is 0 Å². The Bertz CT molecular complexity index is 639. The van der Waals surface area contributed by atoms with Crippen molar-refractivity contribution in [2.75, 3.05) is 5.32 Å². The Labute approximate surface area is 117 Å². The summed E-state index contributed by atoms with van der Waals surface area (Å²) in [5, 5.41) is 10.7. The van der Waals surface area contributed by atoms with Gasteiger partial charge in [-0.25, -0.2) is 4.98 Å². The van der Waals surface area contributed by atoms with E-state index in [0.717, 1.165) is 5.69 Å². The van der Waals surface area contributed by atoms with Gasteiger partial charge < -0.3 is 11.1 Å². The first-order valence-electron chi connectivity index (χ1n) is 6.35. The van der Waals surface area contributed by atoms with E-state index in [1.54, 1.807) is 13.0 Å². The van der Waals surface area contributed by atoms with Crippen LogP contribution in [0.15, 0.2) is 24.3 Å². The first kappa shape index (κ1) is 13.9. The summed E-state index contributed by atoms with van der Waals surface area (Å²) < 4.78 is 0. The van der Waals surface area contributed by atoms with Crippen LogP contribution in [-0.4, -0.2) is 21.1 Å². The monoisotopic (exact) mass is 271 g/mol. The molecule has 0 fully saturated rings. The van der Waals surface area contributed by atoms with Crippen molar-refractivity contribution in [1.82, 2.24) is 15.2 Å². The molecule has 1 amide bonds. The summed E-state index contributed by atoms with van der Waals surface area (Å²) in [7, 11) is 0. The molecular formula is C14H17N5O. The molecule has 0 aliphatic rings. The number of primary amides is 1. The summed E-state index contributed by atoms with van der Waals surface area (Å²) in [5.41, 5.74) is 7.57. The molecule has 0 unspecified atom stereocenters. The Morgan fingerprint density at radius 3 is 2.70 bits per heavy atom. The molecule has 0 bridgehead atoms. The number of aromatic nitrogens is 3. The van der Waals surface area contributed by atoms with Crippen molar-refractivity contribution in [2.45, 2.75) is 26.7 Å². The first-order chi connectivity index (χ1) is 9.47. The summed E-state index contributed by atoms with van der Waals surface area (Å²) in [4.78, 5) is 15.8. The molecule has 6 nitrogen and oxygen atoms in total. The zero-order valence-corrected chi connectivity index (χ0v) is 11.7. The minimum Gasteiger partial charge on any atom is -0.364 e. The molecule has 20 heavy (non-hydrogen) atoms. The zero-order chi connectivity index (χ0) is 14.7. The van der Waals surface area contributed by atoms with Gasteiger partial charge in [-0.1, -0.05) is 19.9 Å². The van der Waals surface area contributed by atoms with E-state index >= 15 is 0 Å². The molecule has 0 spiro atoms. The Morgan fingerprint density at radius 2 is 2.05 bits per heavy atom. The van der Waals surface area contributed by atoms with E-state index in [4.69, 9.17) is 5.73 Å². The van der Waals surface area contributed by atoms with Crippen LogP contribution in [0.4, 0.5) is 11.5 Å². The molecule has 0 radical (unpaired) electrons. The predicted molar refractivity (Wildman–Crippen MR) is 76.9 cm³/mol. The van der Waals surface area contributed by atoms with E-state index < -0.39 is 5.91 Å². The van der Waals surface area contributed by atoms with E-state index in [-0.39, 0.29) is 5.69 Å². The zero-order valence-electron chi connectivity index (χ0n) is 11.7. The smallest absolute Gasteiger partial charge is 0.271 e. The van der Waals surface area contributed by atoms with Crippen molar-refractivity contribution in [2.24, 2.45) is 5.73 Å². The second-order valence-electron chi connectivity index (χ2n) is 4.84. The van der Waals surface area contributed by atoms with E-state index in [1.165, 1.54) is 0 Å². The number of nitrogens with zero attached hydrogens (tertiary/aromatic N) is 3. The van der Waals surface area contributed by atoms with Gasteiger partial charge in [0, 0.05) is 5.69 Å². The van der Waals surface area contributed by atoms with Crippen LogP contribution in [0.25, 0.3) is 0 Å². The minimum atomic E-state index is -0.625. The summed E-state index contributed by atoms with van der Waals surface area (Å²) >= 11 is 0. The van der Waals surface area contributed by atoms with E-state index in [2.05, 4.69) is 34.3 Å². The van der Waals surface area contributed by atoms with Gasteiger partial charge in [-0.2, -0.15) is 5.10 Å². The minimum absolute atomic E-state index is 0.104. The molecule has 2 rings (SSSR count). The molecule has 0 saturated heterocycles. The molecule has 3 N–H and O–H groups in total. The number of anilines is 2. The summed E-state index contributed by atoms with van der Waals surface area (Å²) in [6.45, 7) is 5.93. The van der Waals surface area contributed by atoms with Gasteiger partial charge in [0.2, 0.25) is 0 Å². The highest BCUT2D eigenvalue weighted by atomic mass is 16.1. The molecule has 2 heterocycles. The number of aryl methyl sites for hydroxylation is 1. The molecule has 0 aliphatic heterocycles. The number of hydrogen-bond donors (Lipinski definition) is 2. The van der Waals surface area contributed by atoms with E-state index in [1.807, 2.05) is 18.2 Å². The first-order valence-corrected chi connectivity index (χ1v) is 6.35. The molecule has 104 valence electrons. The Kier molecular flexibility index (Phi) is 3.93.